The quantitative estimate of drug-likeness (QED) is 0.277. The van der Waals surface area contributed by atoms with Gasteiger partial charge in [-0.2, -0.15) is 0 Å². The molecule has 0 fully saturated rings. The summed E-state index contributed by atoms with van der Waals surface area (Å²) in [5.74, 6) is 7.06. The van der Waals surface area contributed by atoms with Crippen molar-refractivity contribution in [3.63, 3.8) is 0 Å². The Morgan fingerprint density at radius 2 is 1.77 bits per heavy atom. The van der Waals surface area contributed by atoms with Gasteiger partial charge < -0.3 is 20.6 Å². The summed E-state index contributed by atoms with van der Waals surface area (Å²) in [5.41, 5.74) is 0. The minimum absolute atomic E-state index is 0.0595. The molecule has 0 spiro atoms. The summed E-state index contributed by atoms with van der Waals surface area (Å²) in [6.45, 7) is 0.744. The van der Waals surface area contributed by atoms with Crippen LogP contribution in [0.2, 0.25) is 5.02 Å². The van der Waals surface area contributed by atoms with E-state index in [-0.39, 0.29) is 24.1 Å². The van der Waals surface area contributed by atoms with Gasteiger partial charge in [0.05, 0.1) is 12.3 Å². The molecule has 0 unspecified atom stereocenters. The fraction of sp³-hybridized carbons (Fsp3) is 0.211. The van der Waals surface area contributed by atoms with Crippen molar-refractivity contribution in [3.8, 4) is 11.5 Å². The van der Waals surface area contributed by atoms with Crippen LogP contribution in [0.15, 0.2) is 53.7 Å². The summed E-state index contributed by atoms with van der Waals surface area (Å²) >= 11 is 6.96. The number of thioether (sulfide) groups is 1. The average Bonchev–Trinajstić information content (AvgIpc) is 3.10. The third-order valence-electron chi connectivity index (χ3n) is 3.76. The van der Waals surface area contributed by atoms with Crippen molar-refractivity contribution in [2.24, 2.45) is 0 Å². The first-order chi connectivity index (χ1) is 14.5. The van der Waals surface area contributed by atoms with Gasteiger partial charge >= 0.3 is 0 Å². The third kappa shape index (κ3) is 6.53. The number of hydrogen-bond donors (Lipinski definition) is 2. The molecule has 2 aromatic carbocycles. The summed E-state index contributed by atoms with van der Waals surface area (Å²) in [7, 11) is 0. The molecule has 1 heterocycles. The van der Waals surface area contributed by atoms with E-state index in [0.717, 1.165) is 11.8 Å². The molecule has 0 aliphatic rings. The Morgan fingerprint density at radius 1 is 1.10 bits per heavy atom. The Morgan fingerprint density at radius 3 is 2.50 bits per heavy atom. The van der Waals surface area contributed by atoms with Crippen LogP contribution >= 0.6 is 23.4 Å². The Labute approximate surface area is 181 Å². The first kappa shape index (κ1) is 21.7. The third-order valence-corrected chi connectivity index (χ3v) is 4.95. The number of nitrogen functional groups attached to an aromatic ring is 1. The number of aromatic nitrogens is 3. The summed E-state index contributed by atoms with van der Waals surface area (Å²) < 4.78 is 25.2. The van der Waals surface area contributed by atoms with Crippen LogP contribution in [-0.4, -0.2) is 39.7 Å². The molecule has 158 valence electrons. The van der Waals surface area contributed by atoms with E-state index in [0.29, 0.717) is 40.7 Å². The molecule has 1 amide bonds. The minimum Gasteiger partial charge on any atom is -0.492 e. The average molecular weight is 452 g/mol. The Kier molecular flexibility index (Phi) is 7.75. The van der Waals surface area contributed by atoms with Gasteiger partial charge in [0.2, 0.25) is 11.1 Å². The summed E-state index contributed by atoms with van der Waals surface area (Å²) in [4.78, 5) is 12.0. The Hall–Kier alpha value is -2.98. The normalized spacial score (nSPS) is 10.6. The molecular weight excluding hydrogens is 433 g/mol. The molecule has 0 aliphatic carbocycles. The fourth-order valence-corrected chi connectivity index (χ4v) is 3.09. The molecular formula is C19H19ClFN5O3S. The predicted octanol–water partition coefficient (Wildman–Crippen LogP) is 2.65. The molecule has 0 atom stereocenters. The monoisotopic (exact) mass is 451 g/mol. The van der Waals surface area contributed by atoms with E-state index in [1.165, 1.54) is 28.9 Å². The highest BCUT2D eigenvalue weighted by Crippen LogP contribution is 2.17. The van der Waals surface area contributed by atoms with Gasteiger partial charge in [-0.25, -0.2) is 9.07 Å². The number of carbonyl (C=O) groups excluding carboxylic acids is 1. The van der Waals surface area contributed by atoms with Crippen LogP contribution < -0.4 is 20.6 Å². The predicted molar refractivity (Wildman–Crippen MR) is 112 cm³/mol. The summed E-state index contributed by atoms with van der Waals surface area (Å²) in [5, 5.41) is 11.7. The maximum atomic E-state index is 12.9. The lowest BCUT2D eigenvalue weighted by atomic mass is 10.3. The molecule has 0 saturated carbocycles. The van der Waals surface area contributed by atoms with Crippen molar-refractivity contribution in [2.45, 2.75) is 11.8 Å². The molecule has 30 heavy (non-hydrogen) atoms. The number of carbonyl (C=O) groups is 1. The maximum Gasteiger partial charge on any atom is 0.230 e. The highest BCUT2D eigenvalue weighted by molar-refractivity contribution is 7.99. The molecule has 3 rings (SSSR count). The van der Waals surface area contributed by atoms with Gasteiger partial charge in [0, 0.05) is 5.02 Å². The topological polar surface area (TPSA) is 104 Å². The molecule has 8 nitrogen and oxygen atoms in total. The highest BCUT2D eigenvalue weighted by Gasteiger charge is 2.13. The van der Waals surface area contributed by atoms with E-state index < -0.39 is 0 Å². The van der Waals surface area contributed by atoms with Crippen molar-refractivity contribution in [1.82, 2.24) is 20.2 Å². The largest absolute Gasteiger partial charge is 0.492 e. The molecule has 0 aliphatic heterocycles. The van der Waals surface area contributed by atoms with Crippen LogP contribution in [0.4, 0.5) is 4.39 Å². The van der Waals surface area contributed by atoms with E-state index in [9.17, 15) is 9.18 Å². The Bertz CT molecular complexity index is 969. The first-order valence-electron chi connectivity index (χ1n) is 8.87. The van der Waals surface area contributed by atoms with Crippen molar-refractivity contribution in [2.75, 3.05) is 24.7 Å². The number of nitrogens with one attached hydrogen (secondary N) is 1. The van der Waals surface area contributed by atoms with Crippen molar-refractivity contribution in [3.05, 3.63) is 65.2 Å². The smallest absolute Gasteiger partial charge is 0.230 e. The zero-order valence-electron chi connectivity index (χ0n) is 15.8. The van der Waals surface area contributed by atoms with Gasteiger partial charge in [-0.1, -0.05) is 23.4 Å². The van der Waals surface area contributed by atoms with Crippen LogP contribution in [0.25, 0.3) is 0 Å². The second-order valence-electron chi connectivity index (χ2n) is 5.95. The van der Waals surface area contributed by atoms with Crippen LogP contribution in [0.1, 0.15) is 5.82 Å². The lowest BCUT2D eigenvalue weighted by Gasteiger charge is -2.08. The number of hydrogen-bond acceptors (Lipinski definition) is 7. The molecule has 11 heteroatoms. The van der Waals surface area contributed by atoms with E-state index in [1.54, 1.807) is 24.3 Å². The SMILES string of the molecule is Nn1c(COc2ccc(F)cc2)nnc1SCC(=O)NCCOc1ccc(Cl)cc1. The second kappa shape index (κ2) is 10.7. The van der Waals surface area contributed by atoms with Gasteiger partial charge in [0.1, 0.15) is 30.5 Å². The summed E-state index contributed by atoms with van der Waals surface area (Å²) in [6.07, 6.45) is 0. The van der Waals surface area contributed by atoms with Gasteiger partial charge in [-0.15, -0.1) is 10.2 Å². The van der Waals surface area contributed by atoms with Crippen LogP contribution in [0, 0.1) is 5.82 Å². The minimum atomic E-state index is -0.349. The molecule has 0 bridgehead atoms. The number of halogens is 2. The standard InChI is InChI=1S/C19H19ClFN5O3S/c20-13-1-5-15(6-2-13)28-10-9-23-18(27)12-30-19-25-24-17(26(19)22)11-29-16-7-3-14(21)4-8-16/h1-8H,9-12,22H2,(H,23,27). The van der Waals surface area contributed by atoms with E-state index in [2.05, 4.69) is 15.5 Å². The number of ether oxygens (including phenoxy) is 2. The van der Waals surface area contributed by atoms with Gasteiger partial charge in [-0.05, 0) is 48.5 Å². The second-order valence-corrected chi connectivity index (χ2v) is 7.33. The summed E-state index contributed by atoms with van der Waals surface area (Å²) in [6, 6.07) is 12.6. The molecule has 3 N–H and O–H groups in total. The fourth-order valence-electron chi connectivity index (χ4n) is 2.25. The molecule has 3 aromatic rings. The van der Waals surface area contributed by atoms with Crippen molar-refractivity contribution >= 4 is 29.3 Å². The van der Waals surface area contributed by atoms with Gasteiger partial charge in [-0.3, -0.25) is 4.79 Å². The van der Waals surface area contributed by atoms with E-state index in [4.69, 9.17) is 26.9 Å². The van der Waals surface area contributed by atoms with Crippen LogP contribution in [-0.2, 0) is 11.4 Å². The first-order valence-corrected chi connectivity index (χ1v) is 10.2. The Balaban J connectivity index is 1.37. The number of amides is 1. The molecule has 0 radical (unpaired) electrons. The lowest BCUT2D eigenvalue weighted by molar-refractivity contribution is -0.118. The number of nitrogens with zero attached hydrogens (tertiary/aromatic N) is 3. The van der Waals surface area contributed by atoms with Crippen molar-refractivity contribution < 1.29 is 18.7 Å². The molecule has 1 aromatic heterocycles. The zero-order chi connectivity index (χ0) is 21.3. The zero-order valence-corrected chi connectivity index (χ0v) is 17.3. The maximum absolute atomic E-state index is 12.9. The lowest BCUT2D eigenvalue weighted by Crippen LogP contribution is -2.29. The highest BCUT2D eigenvalue weighted by atomic mass is 35.5. The van der Waals surface area contributed by atoms with Gasteiger partial charge in [0.15, 0.2) is 5.82 Å². The number of nitrogens with two attached hydrogens (primary N) is 1. The number of rotatable bonds is 10. The van der Waals surface area contributed by atoms with Crippen LogP contribution in [0.5, 0.6) is 11.5 Å². The number of benzene rings is 2. The van der Waals surface area contributed by atoms with Gasteiger partial charge in [0.25, 0.3) is 0 Å². The van der Waals surface area contributed by atoms with E-state index >= 15 is 0 Å². The van der Waals surface area contributed by atoms with E-state index in [1.807, 2.05) is 0 Å². The van der Waals surface area contributed by atoms with Crippen molar-refractivity contribution in [1.29, 1.82) is 0 Å². The van der Waals surface area contributed by atoms with Crippen LogP contribution in [0.3, 0.4) is 0 Å². The molecule has 0 saturated heterocycles.